The van der Waals surface area contributed by atoms with E-state index in [0.717, 1.165) is 0 Å². The zero-order chi connectivity index (χ0) is 16.0. The highest BCUT2D eigenvalue weighted by Crippen LogP contribution is 2.22. The molecule has 1 amide bonds. The van der Waals surface area contributed by atoms with Gasteiger partial charge in [0, 0.05) is 18.2 Å². The molecule has 112 valence electrons. The van der Waals surface area contributed by atoms with Gasteiger partial charge in [-0.2, -0.15) is 0 Å². The molecule has 0 aromatic heterocycles. The van der Waals surface area contributed by atoms with E-state index in [-0.39, 0.29) is 23.4 Å². The maximum absolute atomic E-state index is 12.0. The second-order valence-corrected chi connectivity index (χ2v) is 4.29. The van der Waals surface area contributed by atoms with Crippen molar-refractivity contribution >= 4 is 17.6 Å². The molecule has 1 aromatic rings. The predicted octanol–water partition coefficient (Wildman–Crippen LogP) is 1.75. The van der Waals surface area contributed by atoms with Gasteiger partial charge in [0.05, 0.1) is 10.5 Å². The molecule has 1 unspecified atom stereocenters. The number of hydrogen-bond donors (Lipinski definition) is 1. The van der Waals surface area contributed by atoms with E-state index in [1.807, 2.05) is 0 Å². The number of rotatable bonds is 6. The van der Waals surface area contributed by atoms with Gasteiger partial charge < -0.3 is 10.1 Å². The molecule has 0 heterocycles. The first-order valence-corrected chi connectivity index (χ1v) is 6.22. The van der Waals surface area contributed by atoms with E-state index < -0.39 is 22.9 Å². The zero-order valence-corrected chi connectivity index (χ0v) is 11.8. The van der Waals surface area contributed by atoms with Crippen LogP contribution in [0.15, 0.2) is 30.9 Å². The third-order valence-corrected chi connectivity index (χ3v) is 2.80. The van der Waals surface area contributed by atoms with E-state index in [4.69, 9.17) is 4.74 Å². The molecular formula is C14H16N2O5. The minimum absolute atomic E-state index is 0.0626. The van der Waals surface area contributed by atoms with Gasteiger partial charge in [-0.15, -0.1) is 6.58 Å². The second kappa shape index (κ2) is 7.18. The second-order valence-electron chi connectivity index (χ2n) is 4.29. The number of nitrogens with zero attached hydrogens (tertiary/aromatic N) is 1. The number of amides is 1. The third-order valence-electron chi connectivity index (χ3n) is 2.80. The van der Waals surface area contributed by atoms with Gasteiger partial charge in [0.25, 0.3) is 11.6 Å². The Morgan fingerprint density at radius 1 is 1.52 bits per heavy atom. The average Bonchev–Trinajstić information content (AvgIpc) is 2.44. The zero-order valence-electron chi connectivity index (χ0n) is 11.8. The van der Waals surface area contributed by atoms with Crippen LogP contribution in [-0.2, 0) is 9.53 Å². The maximum atomic E-state index is 12.0. The van der Waals surface area contributed by atoms with Crippen molar-refractivity contribution in [1.29, 1.82) is 0 Å². The molecule has 0 bridgehead atoms. The van der Waals surface area contributed by atoms with Crippen molar-refractivity contribution in [3.63, 3.8) is 0 Å². The Kier molecular flexibility index (Phi) is 5.59. The largest absolute Gasteiger partial charge is 0.449 e. The number of benzene rings is 1. The van der Waals surface area contributed by atoms with Crippen LogP contribution in [0.2, 0.25) is 0 Å². The summed E-state index contributed by atoms with van der Waals surface area (Å²) in [4.78, 5) is 33.8. The third kappa shape index (κ3) is 4.13. The molecule has 1 aromatic carbocycles. The number of nitrogens with one attached hydrogen (secondary N) is 1. The van der Waals surface area contributed by atoms with Crippen LogP contribution in [-0.4, -0.2) is 29.4 Å². The molecule has 0 fully saturated rings. The lowest BCUT2D eigenvalue weighted by molar-refractivity contribution is -0.385. The molecular weight excluding hydrogens is 276 g/mol. The molecule has 0 aliphatic heterocycles. The first kappa shape index (κ1) is 16.4. The Labute approximate surface area is 121 Å². The van der Waals surface area contributed by atoms with Crippen LogP contribution in [0, 0.1) is 17.0 Å². The van der Waals surface area contributed by atoms with Gasteiger partial charge in [0.1, 0.15) is 0 Å². The normalized spacial score (nSPS) is 11.3. The summed E-state index contributed by atoms with van der Waals surface area (Å²) in [5, 5.41) is 13.3. The van der Waals surface area contributed by atoms with Gasteiger partial charge in [-0.25, -0.2) is 4.79 Å². The summed E-state index contributed by atoms with van der Waals surface area (Å²) in [6, 6.07) is 4.11. The lowest BCUT2D eigenvalue weighted by Gasteiger charge is -2.13. The molecule has 21 heavy (non-hydrogen) atoms. The summed E-state index contributed by atoms with van der Waals surface area (Å²) in [6.45, 7) is 6.59. The molecule has 0 aliphatic carbocycles. The molecule has 1 atom stereocenters. The van der Waals surface area contributed by atoms with Crippen LogP contribution in [0.5, 0.6) is 0 Å². The highest BCUT2D eigenvalue weighted by molar-refractivity contribution is 5.94. The van der Waals surface area contributed by atoms with Crippen LogP contribution in [0.4, 0.5) is 5.69 Å². The van der Waals surface area contributed by atoms with Crippen LogP contribution >= 0.6 is 0 Å². The SMILES string of the molecule is C=CCNC(=O)C(C)OC(=O)c1cccc([N+](=O)[O-])c1C. The Morgan fingerprint density at radius 2 is 2.19 bits per heavy atom. The van der Waals surface area contributed by atoms with Crippen LogP contribution < -0.4 is 5.32 Å². The van der Waals surface area contributed by atoms with Crippen molar-refractivity contribution < 1.29 is 19.2 Å². The average molecular weight is 292 g/mol. The molecule has 0 radical (unpaired) electrons. The van der Waals surface area contributed by atoms with Crippen LogP contribution in [0.25, 0.3) is 0 Å². The highest BCUT2D eigenvalue weighted by Gasteiger charge is 2.22. The monoisotopic (exact) mass is 292 g/mol. The van der Waals surface area contributed by atoms with Gasteiger partial charge >= 0.3 is 5.97 Å². The summed E-state index contributed by atoms with van der Waals surface area (Å²) in [7, 11) is 0. The number of carbonyl (C=O) groups excluding carboxylic acids is 2. The maximum Gasteiger partial charge on any atom is 0.339 e. The molecule has 7 heteroatoms. The smallest absolute Gasteiger partial charge is 0.339 e. The fourth-order valence-corrected chi connectivity index (χ4v) is 1.64. The first-order valence-electron chi connectivity index (χ1n) is 6.22. The molecule has 0 saturated heterocycles. The van der Waals surface area contributed by atoms with E-state index in [1.54, 1.807) is 0 Å². The number of hydrogen-bond acceptors (Lipinski definition) is 5. The Balaban J connectivity index is 2.85. The molecule has 0 spiro atoms. The van der Waals surface area contributed by atoms with E-state index in [0.29, 0.717) is 0 Å². The van der Waals surface area contributed by atoms with Crippen LogP contribution in [0.1, 0.15) is 22.8 Å². The fraction of sp³-hybridized carbons (Fsp3) is 0.286. The number of esters is 1. The minimum Gasteiger partial charge on any atom is -0.449 e. The Hall–Kier alpha value is -2.70. The number of carbonyl (C=O) groups is 2. The van der Waals surface area contributed by atoms with Crippen molar-refractivity contribution in [2.24, 2.45) is 0 Å². The van der Waals surface area contributed by atoms with Crippen molar-refractivity contribution in [3.05, 3.63) is 52.1 Å². The van der Waals surface area contributed by atoms with Gasteiger partial charge in [-0.05, 0) is 19.9 Å². The van der Waals surface area contributed by atoms with Crippen molar-refractivity contribution in [3.8, 4) is 0 Å². The van der Waals surface area contributed by atoms with E-state index in [2.05, 4.69) is 11.9 Å². The fourth-order valence-electron chi connectivity index (χ4n) is 1.64. The standard InChI is InChI=1S/C14H16N2O5/c1-4-8-15-13(17)10(3)21-14(18)11-6-5-7-12(9(11)2)16(19)20/h4-7,10H,1,8H2,2-3H3,(H,15,17). The lowest BCUT2D eigenvalue weighted by atomic mass is 10.1. The van der Waals surface area contributed by atoms with Gasteiger partial charge in [0.15, 0.2) is 6.10 Å². The lowest BCUT2D eigenvalue weighted by Crippen LogP contribution is -2.36. The number of ether oxygens (including phenoxy) is 1. The van der Waals surface area contributed by atoms with Gasteiger partial charge in [0.2, 0.25) is 0 Å². The molecule has 1 N–H and O–H groups in total. The quantitative estimate of drug-likeness (QED) is 0.373. The van der Waals surface area contributed by atoms with Gasteiger partial charge in [-0.1, -0.05) is 12.1 Å². The molecule has 0 saturated carbocycles. The Morgan fingerprint density at radius 3 is 2.76 bits per heavy atom. The van der Waals surface area contributed by atoms with Crippen LogP contribution in [0.3, 0.4) is 0 Å². The molecule has 1 rings (SSSR count). The number of nitro groups is 1. The summed E-state index contributed by atoms with van der Waals surface area (Å²) in [5.41, 5.74) is 0.0898. The van der Waals surface area contributed by atoms with E-state index in [1.165, 1.54) is 38.1 Å². The van der Waals surface area contributed by atoms with Crippen molar-refractivity contribution in [1.82, 2.24) is 5.32 Å². The Bertz CT molecular complexity index is 583. The topological polar surface area (TPSA) is 98.5 Å². The summed E-state index contributed by atoms with van der Waals surface area (Å²) < 4.78 is 5.00. The van der Waals surface area contributed by atoms with Gasteiger partial charge in [-0.3, -0.25) is 14.9 Å². The highest BCUT2D eigenvalue weighted by atomic mass is 16.6. The molecule has 7 nitrogen and oxygen atoms in total. The summed E-state index contributed by atoms with van der Waals surface area (Å²) >= 11 is 0. The molecule has 0 aliphatic rings. The first-order chi connectivity index (χ1) is 9.88. The minimum atomic E-state index is -1.00. The predicted molar refractivity (Wildman–Crippen MR) is 75.9 cm³/mol. The van der Waals surface area contributed by atoms with E-state index in [9.17, 15) is 19.7 Å². The van der Waals surface area contributed by atoms with E-state index >= 15 is 0 Å². The number of nitro benzene ring substituents is 1. The summed E-state index contributed by atoms with van der Waals surface area (Å²) in [6.07, 6.45) is 0.494. The van der Waals surface area contributed by atoms with Crippen molar-refractivity contribution in [2.75, 3.05) is 6.54 Å². The van der Waals surface area contributed by atoms with Crippen molar-refractivity contribution in [2.45, 2.75) is 20.0 Å². The summed E-state index contributed by atoms with van der Waals surface area (Å²) in [5.74, 6) is -1.25.